The van der Waals surface area contributed by atoms with Crippen molar-refractivity contribution in [1.82, 2.24) is 5.43 Å². The Labute approximate surface area is 151 Å². The van der Waals surface area contributed by atoms with Gasteiger partial charge < -0.3 is 9.84 Å². The van der Waals surface area contributed by atoms with Gasteiger partial charge in [0.1, 0.15) is 18.1 Å². The van der Waals surface area contributed by atoms with Crippen LogP contribution in [0.2, 0.25) is 0 Å². The lowest BCUT2D eigenvalue weighted by Gasteiger charge is -2.07. The zero-order valence-electron chi connectivity index (χ0n) is 14.0. The number of phenols is 1. The van der Waals surface area contributed by atoms with Crippen LogP contribution in [0.4, 0.5) is 0 Å². The lowest BCUT2D eigenvalue weighted by atomic mass is 10.2. The largest absolute Gasteiger partial charge is 0.507 e. The molecule has 0 saturated carbocycles. The summed E-state index contributed by atoms with van der Waals surface area (Å²) in [5.74, 6) is 0.444. The van der Waals surface area contributed by atoms with Crippen LogP contribution in [0.5, 0.6) is 11.5 Å². The molecular formula is C21H18N2O3. The van der Waals surface area contributed by atoms with Gasteiger partial charge in [-0.25, -0.2) is 5.43 Å². The highest BCUT2D eigenvalue weighted by atomic mass is 16.5. The van der Waals surface area contributed by atoms with Crippen LogP contribution >= 0.6 is 0 Å². The number of hydrogen-bond donors (Lipinski definition) is 2. The minimum Gasteiger partial charge on any atom is -0.507 e. The zero-order chi connectivity index (χ0) is 18.2. The van der Waals surface area contributed by atoms with Crippen molar-refractivity contribution in [2.45, 2.75) is 6.61 Å². The molecule has 5 nitrogen and oxygen atoms in total. The Morgan fingerprint density at radius 1 is 0.962 bits per heavy atom. The lowest BCUT2D eigenvalue weighted by molar-refractivity contribution is 0.0955. The van der Waals surface area contributed by atoms with Gasteiger partial charge in [0.2, 0.25) is 0 Å². The minimum atomic E-state index is -0.341. The van der Waals surface area contributed by atoms with E-state index in [9.17, 15) is 9.90 Å². The Morgan fingerprint density at radius 2 is 1.65 bits per heavy atom. The van der Waals surface area contributed by atoms with E-state index in [1.54, 1.807) is 48.5 Å². The molecule has 3 aromatic carbocycles. The Balaban J connectivity index is 1.54. The average molecular weight is 346 g/mol. The molecular weight excluding hydrogens is 328 g/mol. The molecule has 0 aliphatic rings. The molecule has 0 aliphatic carbocycles. The number of ether oxygens (including phenoxy) is 1. The van der Waals surface area contributed by atoms with E-state index in [0.29, 0.717) is 23.5 Å². The summed E-state index contributed by atoms with van der Waals surface area (Å²) in [5.41, 5.74) is 4.50. The number of para-hydroxylation sites is 1. The molecule has 0 bridgehead atoms. The molecule has 26 heavy (non-hydrogen) atoms. The van der Waals surface area contributed by atoms with Gasteiger partial charge in [0.25, 0.3) is 5.91 Å². The van der Waals surface area contributed by atoms with Gasteiger partial charge in [-0.3, -0.25) is 4.79 Å². The molecule has 0 radical (unpaired) electrons. The number of carbonyl (C=O) groups is 1. The fourth-order valence-corrected chi connectivity index (χ4v) is 2.27. The summed E-state index contributed by atoms with van der Waals surface area (Å²) in [4.78, 5) is 12.1. The molecule has 2 N–H and O–H groups in total. The van der Waals surface area contributed by atoms with Gasteiger partial charge in [0.15, 0.2) is 0 Å². The molecule has 0 heterocycles. The number of amides is 1. The Kier molecular flexibility index (Phi) is 5.62. The summed E-state index contributed by atoms with van der Waals surface area (Å²) in [6, 6.07) is 23.4. The molecule has 130 valence electrons. The van der Waals surface area contributed by atoms with Crippen molar-refractivity contribution in [2.24, 2.45) is 5.10 Å². The fourth-order valence-electron chi connectivity index (χ4n) is 2.27. The minimum absolute atomic E-state index is 0.102. The van der Waals surface area contributed by atoms with Gasteiger partial charge in [-0.05, 0) is 42.0 Å². The number of benzene rings is 3. The van der Waals surface area contributed by atoms with E-state index in [-0.39, 0.29) is 11.7 Å². The van der Waals surface area contributed by atoms with Crippen molar-refractivity contribution in [2.75, 3.05) is 0 Å². The molecule has 0 aromatic heterocycles. The van der Waals surface area contributed by atoms with Crippen LogP contribution in [0.15, 0.2) is 84.0 Å². The molecule has 0 saturated heterocycles. The van der Waals surface area contributed by atoms with E-state index in [0.717, 1.165) is 5.56 Å². The second kappa shape index (κ2) is 8.48. The van der Waals surface area contributed by atoms with Crippen LogP contribution in [0, 0.1) is 0 Å². The maximum absolute atomic E-state index is 12.1. The predicted molar refractivity (Wildman–Crippen MR) is 100 cm³/mol. The predicted octanol–water partition coefficient (Wildman–Crippen LogP) is 3.74. The number of nitrogens with one attached hydrogen (secondary N) is 1. The molecule has 0 aliphatic heterocycles. The van der Waals surface area contributed by atoms with Crippen LogP contribution in [0.3, 0.4) is 0 Å². The Hall–Kier alpha value is -3.60. The Bertz CT molecular complexity index is 891. The summed E-state index contributed by atoms with van der Waals surface area (Å²) >= 11 is 0. The third-order valence-corrected chi connectivity index (χ3v) is 3.67. The highest BCUT2D eigenvalue weighted by molar-refractivity contribution is 5.95. The quantitative estimate of drug-likeness (QED) is 0.528. The highest BCUT2D eigenvalue weighted by Crippen LogP contribution is 2.15. The van der Waals surface area contributed by atoms with E-state index >= 15 is 0 Å². The van der Waals surface area contributed by atoms with Gasteiger partial charge >= 0.3 is 0 Å². The second-order valence-electron chi connectivity index (χ2n) is 5.56. The molecule has 0 unspecified atom stereocenters. The summed E-state index contributed by atoms with van der Waals surface area (Å²) in [6.07, 6.45) is 1.39. The summed E-state index contributed by atoms with van der Waals surface area (Å²) in [7, 11) is 0. The molecule has 0 atom stereocenters. The number of rotatable bonds is 6. The van der Waals surface area contributed by atoms with Gasteiger partial charge in [0, 0.05) is 11.1 Å². The van der Waals surface area contributed by atoms with Crippen LogP contribution in [-0.4, -0.2) is 17.2 Å². The SMILES string of the molecule is O=C(NN=Cc1ccccc1O)c1ccc(OCc2ccccc2)cc1. The summed E-state index contributed by atoms with van der Waals surface area (Å²) in [5, 5.41) is 13.5. The summed E-state index contributed by atoms with van der Waals surface area (Å²) < 4.78 is 5.69. The van der Waals surface area contributed by atoms with Crippen LogP contribution < -0.4 is 10.2 Å². The van der Waals surface area contributed by atoms with E-state index in [2.05, 4.69) is 10.5 Å². The first-order chi connectivity index (χ1) is 12.7. The van der Waals surface area contributed by atoms with Crippen LogP contribution in [0.1, 0.15) is 21.5 Å². The summed E-state index contributed by atoms with van der Waals surface area (Å²) in [6.45, 7) is 0.469. The standard InChI is InChI=1S/C21H18N2O3/c24-20-9-5-4-8-18(20)14-22-23-21(25)17-10-12-19(13-11-17)26-15-16-6-2-1-3-7-16/h1-14,24H,15H2,(H,23,25). The van der Waals surface area contributed by atoms with E-state index in [1.807, 2.05) is 30.3 Å². The number of phenolic OH excluding ortho intramolecular Hbond substituents is 1. The first-order valence-electron chi connectivity index (χ1n) is 8.10. The van der Waals surface area contributed by atoms with Crippen molar-refractivity contribution < 1.29 is 14.6 Å². The van der Waals surface area contributed by atoms with Crippen LogP contribution in [-0.2, 0) is 6.61 Å². The van der Waals surface area contributed by atoms with Gasteiger partial charge in [-0.1, -0.05) is 42.5 Å². The zero-order valence-corrected chi connectivity index (χ0v) is 14.0. The maximum Gasteiger partial charge on any atom is 0.271 e. The molecule has 0 spiro atoms. The molecule has 5 heteroatoms. The number of aromatic hydroxyl groups is 1. The smallest absolute Gasteiger partial charge is 0.271 e. The van der Waals surface area contributed by atoms with Crippen molar-refractivity contribution in [3.05, 3.63) is 95.6 Å². The van der Waals surface area contributed by atoms with E-state index in [4.69, 9.17) is 4.74 Å². The normalized spacial score (nSPS) is 10.6. The second-order valence-corrected chi connectivity index (χ2v) is 5.56. The topological polar surface area (TPSA) is 70.9 Å². The van der Waals surface area contributed by atoms with Crippen LogP contribution in [0.25, 0.3) is 0 Å². The molecule has 3 aromatic rings. The van der Waals surface area contributed by atoms with Gasteiger partial charge in [-0.2, -0.15) is 5.10 Å². The monoisotopic (exact) mass is 346 g/mol. The van der Waals surface area contributed by atoms with Crippen molar-refractivity contribution >= 4 is 12.1 Å². The maximum atomic E-state index is 12.1. The average Bonchev–Trinajstić information content (AvgIpc) is 2.69. The number of hydrazone groups is 1. The third kappa shape index (κ3) is 4.70. The van der Waals surface area contributed by atoms with Gasteiger partial charge in [0.05, 0.1) is 6.21 Å². The van der Waals surface area contributed by atoms with Crippen molar-refractivity contribution in [3.8, 4) is 11.5 Å². The molecule has 0 fully saturated rings. The van der Waals surface area contributed by atoms with E-state index in [1.165, 1.54) is 6.21 Å². The van der Waals surface area contributed by atoms with E-state index < -0.39 is 0 Å². The highest BCUT2D eigenvalue weighted by Gasteiger charge is 2.05. The third-order valence-electron chi connectivity index (χ3n) is 3.67. The fraction of sp³-hybridized carbons (Fsp3) is 0.0476. The first-order valence-corrected chi connectivity index (χ1v) is 8.10. The molecule has 3 rings (SSSR count). The number of hydrogen-bond acceptors (Lipinski definition) is 4. The lowest BCUT2D eigenvalue weighted by Crippen LogP contribution is -2.17. The number of nitrogens with zero attached hydrogens (tertiary/aromatic N) is 1. The number of carbonyl (C=O) groups excluding carboxylic acids is 1. The molecule has 1 amide bonds. The van der Waals surface area contributed by atoms with Gasteiger partial charge in [-0.15, -0.1) is 0 Å². The van der Waals surface area contributed by atoms with Crippen molar-refractivity contribution in [3.63, 3.8) is 0 Å². The van der Waals surface area contributed by atoms with Crippen molar-refractivity contribution in [1.29, 1.82) is 0 Å². The first kappa shape index (κ1) is 17.2. The Morgan fingerprint density at radius 3 is 2.38 bits per heavy atom.